The molecule has 1 aliphatic heterocycles. The second-order valence-electron chi connectivity index (χ2n) is 7.10. The number of piperidine rings is 1. The molecular weight excluding hydrogens is 357 g/mol. The number of nitrogens with zero attached hydrogens (tertiary/aromatic N) is 3. The number of benzene rings is 1. The number of hydrogen-bond donors (Lipinski definition) is 1. The van der Waals surface area contributed by atoms with Crippen molar-refractivity contribution in [1.82, 2.24) is 14.7 Å². The van der Waals surface area contributed by atoms with Gasteiger partial charge in [0.2, 0.25) is 5.91 Å². The van der Waals surface area contributed by atoms with Crippen LogP contribution in [-0.2, 0) is 4.79 Å². The molecule has 0 radical (unpaired) electrons. The minimum Gasteiger partial charge on any atom is -0.309 e. The number of nitrogens with one attached hydrogen (secondary N) is 1. The monoisotopic (exact) mass is 380 g/mol. The first-order valence-corrected chi connectivity index (χ1v) is 8.95. The quantitative estimate of drug-likeness (QED) is 0.880. The number of halogens is 3. The fourth-order valence-electron chi connectivity index (χ4n) is 3.38. The van der Waals surface area contributed by atoms with Gasteiger partial charge in [-0.1, -0.05) is 17.7 Å². The molecule has 0 bridgehead atoms. The maximum atomic E-state index is 12.6. The zero-order valence-electron chi connectivity index (χ0n) is 15.4. The summed E-state index contributed by atoms with van der Waals surface area (Å²) < 4.78 is 39.5. The summed E-state index contributed by atoms with van der Waals surface area (Å²) in [5.74, 6) is -0.340. The summed E-state index contributed by atoms with van der Waals surface area (Å²) in [6.45, 7) is 3.39. The highest BCUT2D eigenvalue weighted by Crippen LogP contribution is 2.24. The van der Waals surface area contributed by atoms with E-state index in [4.69, 9.17) is 0 Å². The van der Waals surface area contributed by atoms with Crippen LogP contribution in [0.15, 0.2) is 30.3 Å². The standard InChI is InChI=1S/C19H23F3N4O/c1-13-5-7-16(8-6-13)26-14(2)10-17(24-26)23-18(27)15-4-3-9-25(11-15)12-19(20,21)22/h5-8,10,15H,3-4,9,11-12H2,1-2H3,(H,23,24,27). The molecule has 1 saturated heterocycles. The number of likely N-dealkylation sites (tertiary alicyclic amines) is 1. The van der Waals surface area contributed by atoms with Gasteiger partial charge in [-0.25, -0.2) is 4.68 Å². The van der Waals surface area contributed by atoms with Crippen molar-refractivity contribution >= 4 is 11.7 Å². The molecule has 5 nitrogen and oxygen atoms in total. The van der Waals surface area contributed by atoms with Crippen LogP contribution >= 0.6 is 0 Å². The molecule has 1 fully saturated rings. The second-order valence-corrected chi connectivity index (χ2v) is 7.10. The number of anilines is 1. The van der Waals surface area contributed by atoms with Gasteiger partial charge in [0.05, 0.1) is 18.2 Å². The van der Waals surface area contributed by atoms with E-state index in [2.05, 4.69) is 10.4 Å². The minimum absolute atomic E-state index is 0.114. The van der Waals surface area contributed by atoms with E-state index < -0.39 is 18.6 Å². The van der Waals surface area contributed by atoms with Crippen molar-refractivity contribution in [1.29, 1.82) is 0 Å². The molecule has 1 aromatic carbocycles. The van der Waals surface area contributed by atoms with Crippen LogP contribution in [0.25, 0.3) is 5.69 Å². The largest absolute Gasteiger partial charge is 0.401 e. The Morgan fingerprint density at radius 2 is 1.96 bits per heavy atom. The van der Waals surface area contributed by atoms with Gasteiger partial charge in [0.25, 0.3) is 0 Å². The topological polar surface area (TPSA) is 50.2 Å². The van der Waals surface area contributed by atoms with Crippen molar-refractivity contribution < 1.29 is 18.0 Å². The van der Waals surface area contributed by atoms with Gasteiger partial charge in [-0.05, 0) is 45.4 Å². The molecule has 2 aromatic rings. The molecule has 0 aliphatic carbocycles. The van der Waals surface area contributed by atoms with E-state index in [-0.39, 0.29) is 12.5 Å². The van der Waals surface area contributed by atoms with Crippen molar-refractivity contribution in [2.24, 2.45) is 5.92 Å². The maximum Gasteiger partial charge on any atom is 0.401 e. The molecule has 1 aliphatic rings. The molecule has 1 aromatic heterocycles. The predicted octanol–water partition coefficient (Wildman–Crippen LogP) is 3.70. The van der Waals surface area contributed by atoms with Crippen molar-refractivity contribution in [3.63, 3.8) is 0 Å². The van der Waals surface area contributed by atoms with Crippen LogP contribution in [0.5, 0.6) is 0 Å². The Morgan fingerprint density at radius 1 is 1.26 bits per heavy atom. The second kappa shape index (κ2) is 7.72. The summed E-state index contributed by atoms with van der Waals surface area (Å²) in [7, 11) is 0. The highest BCUT2D eigenvalue weighted by Gasteiger charge is 2.34. The van der Waals surface area contributed by atoms with Crippen LogP contribution in [0.3, 0.4) is 0 Å². The molecule has 2 heterocycles. The Morgan fingerprint density at radius 3 is 2.63 bits per heavy atom. The summed E-state index contributed by atoms with van der Waals surface area (Å²) in [5.41, 5.74) is 2.88. The number of aryl methyl sites for hydroxylation is 2. The van der Waals surface area contributed by atoms with Crippen LogP contribution in [0.2, 0.25) is 0 Å². The first-order valence-electron chi connectivity index (χ1n) is 8.95. The first-order chi connectivity index (χ1) is 12.7. The normalized spacial score (nSPS) is 18.5. The molecule has 1 unspecified atom stereocenters. The summed E-state index contributed by atoms with van der Waals surface area (Å²) in [6.07, 6.45) is -3.09. The summed E-state index contributed by atoms with van der Waals surface area (Å²) in [4.78, 5) is 13.8. The lowest BCUT2D eigenvalue weighted by Gasteiger charge is -2.32. The van der Waals surface area contributed by atoms with Crippen LogP contribution in [0, 0.1) is 19.8 Å². The molecule has 8 heteroatoms. The van der Waals surface area contributed by atoms with Gasteiger partial charge in [0.15, 0.2) is 5.82 Å². The van der Waals surface area contributed by atoms with Gasteiger partial charge in [0, 0.05) is 18.3 Å². The number of carbonyl (C=O) groups excluding carboxylic acids is 1. The van der Waals surface area contributed by atoms with Gasteiger partial charge >= 0.3 is 6.18 Å². The molecule has 3 rings (SSSR count). The summed E-state index contributed by atoms with van der Waals surface area (Å²) in [5, 5.41) is 7.17. The van der Waals surface area contributed by atoms with Gasteiger partial charge in [-0.2, -0.15) is 13.2 Å². The average molecular weight is 380 g/mol. The number of amides is 1. The maximum absolute atomic E-state index is 12.6. The number of rotatable bonds is 4. The van der Waals surface area contributed by atoms with E-state index in [1.54, 1.807) is 10.7 Å². The van der Waals surface area contributed by atoms with Crippen molar-refractivity contribution in [3.05, 3.63) is 41.6 Å². The SMILES string of the molecule is Cc1ccc(-n2nc(NC(=O)C3CCCN(CC(F)(F)F)C3)cc2C)cc1. The fourth-order valence-corrected chi connectivity index (χ4v) is 3.38. The molecule has 1 atom stereocenters. The van der Waals surface area contributed by atoms with Crippen LogP contribution in [0.1, 0.15) is 24.1 Å². The van der Waals surface area contributed by atoms with E-state index >= 15 is 0 Å². The molecule has 0 saturated carbocycles. The smallest absolute Gasteiger partial charge is 0.309 e. The summed E-state index contributed by atoms with van der Waals surface area (Å²) >= 11 is 0. The Bertz CT molecular complexity index is 798. The lowest BCUT2D eigenvalue weighted by atomic mass is 9.97. The Hall–Kier alpha value is -2.35. The molecule has 1 amide bonds. The Labute approximate surface area is 156 Å². The van der Waals surface area contributed by atoms with Gasteiger partial charge < -0.3 is 5.32 Å². The van der Waals surface area contributed by atoms with E-state index in [0.717, 1.165) is 16.9 Å². The highest BCUT2D eigenvalue weighted by atomic mass is 19.4. The Kier molecular flexibility index (Phi) is 5.55. The van der Waals surface area contributed by atoms with Crippen LogP contribution in [0.4, 0.5) is 19.0 Å². The van der Waals surface area contributed by atoms with E-state index in [1.807, 2.05) is 38.1 Å². The Balaban J connectivity index is 1.66. The predicted molar refractivity (Wildman–Crippen MR) is 96.9 cm³/mol. The third-order valence-electron chi connectivity index (χ3n) is 4.70. The molecule has 27 heavy (non-hydrogen) atoms. The zero-order chi connectivity index (χ0) is 19.6. The van der Waals surface area contributed by atoms with Crippen LogP contribution in [-0.4, -0.2) is 46.4 Å². The van der Waals surface area contributed by atoms with Gasteiger partial charge in [-0.3, -0.25) is 9.69 Å². The van der Waals surface area contributed by atoms with Crippen molar-refractivity contribution in [2.75, 3.05) is 25.0 Å². The molecule has 146 valence electrons. The zero-order valence-corrected chi connectivity index (χ0v) is 15.4. The van der Waals surface area contributed by atoms with E-state index in [1.165, 1.54) is 4.90 Å². The number of aromatic nitrogens is 2. The van der Waals surface area contributed by atoms with Crippen molar-refractivity contribution in [2.45, 2.75) is 32.9 Å². The van der Waals surface area contributed by atoms with Crippen LogP contribution < -0.4 is 5.32 Å². The third kappa shape index (κ3) is 5.09. The number of hydrogen-bond acceptors (Lipinski definition) is 3. The lowest BCUT2D eigenvalue weighted by molar-refractivity contribution is -0.151. The number of carbonyl (C=O) groups is 1. The molecule has 1 N–H and O–H groups in total. The highest BCUT2D eigenvalue weighted by molar-refractivity contribution is 5.92. The third-order valence-corrected chi connectivity index (χ3v) is 4.70. The molecular formula is C19H23F3N4O. The van der Waals surface area contributed by atoms with Gasteiger partial charge in [0.1, 0.15) is 0 Å². The average Bonchev–Trinajstić information content (AvgIpc) is 2.94. The van der Waals surface area contributed by atoms with E-state index in [9.17, 15) is 18.0 Å². The minimum atomic E-state index is -4.25. The first kappa shape index (κ1) is 19.4. The molecule has 0 spiro atoms. The summed E-state index contributed by atoms with van der Waals surface area (Å²) in [6, 6.07) is 9.60. The van der Waals surface area contributed by atoms with Gasteiger partial charge in [-0.15, -0.1) is 5.10 Å². The van der Waals surface area contributed by atoms with E-state index in [0.29, 0.717) is 25.2 Å². The fraction of sp³-hybridized carbons (Fsp3) is 0.474. The lowest BCUT2D eigenvalue weighted by Crippen LogP contribution is -2.44. The van der Waals surface area contributed by atoms with Crippen molar-refractivity contribution in [3.8, 4) is 5.69 Å². The number of alkyl halides is 3.